The van der Waals surface area contributed by atoms with Crippen LogP contribution in [0.15, 0.2) is 53.4 Å². The van der Waals surface area contributed by atoms with Crippen LogP contribution in [0, 0.1) is 6.92 Å². The van der Waals surface area contributed by atoms with Gasteiger partial charge in [0.25, 0.3) is 0 Å². The van der Waals surface area contributed by atoms with Gasteiger partial charge in [0.1, 0.15) is 12.4 Å². The van der Waals surface area contributed by atoms with Gasteiger partial charge in [0.2, 0.25) is 10.0 Å². The molecular weight excluding hydrogens is 384 g/mol. The van der Waals surface area contributed by atoms with E-state index in [9.17, 15) is 8.42 Å². The quantitative estimate of drug-likeness (QED) is 0.734. The molecule has 1 fully saturated rings. The van der Waals surface area contributed by atoms with Gasteiger partial charge >= 0.3 is 0 Å². The zero-order valence-electron chi connectivity index (χ0n) is 15.5. The van der Waals surface area contributed by atoms with Crippen LogP contribution >= 0.6 is 11.6 Å². The van der Waals surface area contributed by atoms with E-state index >= 15 is 0 Å². The predicted molar refractivity (Wildman–Crippen MR) is 108 cm³/mol. The second-order valence-electron chi connectivity index (χ2n) is 6.69. The van der Waals surface area contributed by atoms with Gasteiger partial charge in [-0.05, 0) is 44.2 Å². The Bertz CT molecular complexity index is 856. The SMILES string of the molecule is Cc1ccc(S(=O)(=O)N2CCCN(CCOc3ccccc3Cl)CC2)cc1. The summed E-state index contributed by atoms with van der Waals surface area (Å²) in [6, 6.07) is 14.5. The van der Waals surface area contributed by atoms with Crippen LogP contribution in [0.2, 0.25) is 5.02 Å². The topological polar surface area (TPSA) is 49.9 Å². The lowest BCUT2D eigenvalue weighted by Crippen LogP contribution is -2.36. The van der Waals surface area contributed by atoms with Crippen LogP contribution < -0.4 is 4.74 Å². The van der Waals surface area contributed by atoms with Gasteiger partial charge < -0.3 is 4.74 Å². The number of hydrogen-bond acceptors (Lipinski definition) is 4. The van der Waals surface area contributed by atoms with Crippen LogP contribution in [0.3, 0.4) is 0 Å². The monoisotopic (exact) mass is 408 g/mol. The van der Waals surface area contributed by atoms with Gasteiger partial charge in [0, 0.05) is 26.2 Å². The van der Waals surface area contributed by atoms with E-state index in [4.69, 9.17) is 16.3 Å². The summed E-state index contributed by atoms with van der Waals surface area (Å²) in [4.78, 5) is 2.60. The minimum Gasteiger partial charge on any atom is -0.491 e. The average molecular weight is 409 g/mol. The molecule has 146 valence electrons. The average Bonchev–Trinajstić information content (AvgIpc) is 2.90. The minimum absolute atomic E-state index is 0.364. The molecule has 3 rings (SSSR count). The molecule has 2 aromatic carbocycles. The molecule has 0 bridgehead atoms. The van der Waals surface area contributed by atoms with Crippen molar-refractivity contribution in [2.75, 3.05) is 39.3 Å². The van der Waals surface area contributed by atoms with Crippen molar-refractivity contribution >= 4 is 21.6 Å². The molecule has 27 heavy (non-hydrogen) atoms. The highest BCUT2D eigenvalue weighted by atomic mass is 35.5. The van der Waals surface area contributed by atoms with Crippen molar-refractivity contribution in [3.8, 4) is 5.75 Å². The van der Waals surface area contributed by atoms with Gasteiger partial charge in [-0.25, -0.2) is 8.42 Å². The summed E-state index contributed by atoms with van der Waals surface area (Å²) in [7, 11) is -3.44. The van der Waals surface area contributed by atoms with Crippen LogP contribution in [0.1, 0.15) is 12.0 Å². The maximum atomic E-state index is 12.9. The van der Waals surface area contributed by atoms with Gasteiger partial charge in [-0.1, -0.05) is 41.4 Å². The van der Waals surface area contributed by atoms with E-state index in [1.54, 1.807) is 22.5 Å². The molecule has 0 aromatic heterocycles. The minimum atomic E-state index is -3.44. The number of sulfonamides is 1. The molecule has 0 atom stereocenters. The van der Waals surface area contributed by atoms with E-state index in [0.29, 0.717) is 41.9 Å². The molecule has 1 aliphatic heterocycles. The molecule has 0 aliphatic carbocycles. The fraction of sp³-hybridized carbons (Fsp3) is 0.400. The van der Waals surface area contributed by atoms with Crippen molar-refractivity contribution in [3.63, 3.8) is 0 Å². The summed E-state index contributed by atoms with van der Waals surface area (Å²) < 4.78 is 33.1. The third kappa shape index (κ3) is 5.23. The van der Waals surface area contributed by atoms with Gasteiger partial charge in [0.05, 0.1) is 9.92 Å². The summed E-state index contributed by atoms with van der Waals surface area (Å²) in [5.41, 5.74) is 1.05. The smallest absolute Gasteiger partial charge is 0.243 e. The highest BCUT2D eigenvalue weighted by Gasteiger charge is 2.26. The highest BCUT2D eigenvalue weighted by molar-refractivity contribution is 7.89. The number of nitrogens with zero attached hydrogens (tertiary/aromatic N) is 2. The molecule has 0 saturated carbocycles. The molecule has 0 N–H and O–H groups in total. The zero-order chi connectivity index (χ0) is 19.3. The predicted octanol–water partition coefficient (Wildman–Crippen LogP) is 3.42. The third-order valence-corrected chi connectivity index (χ3v) is 6.93. The first-order valence-electron chi connectivity index (χ1n) is 9.13. The fourth-order valence-corrected chi connectivity index (χ4v) is 4.78. The Hall–Kier alpha value is -1.60. The summed E-state index contributed by atoms with van der Waals surface area (Å²) in [5.74, 6) is 0.678. The number of rotatable bonds is 6. The summed E-state index contributed by atoms with van der Waals surface area (Å²) in [6.45, 7) is 5.78. The van der Waals surface area contributed by atoms with Crippen molar-refractivity contribution < 1.29 is 13.2 Å². The molecule has 1 aliphatic rings. The molecule has 5 nitrogen and oxygen atoms in total. The summed E-state index contributed by atoms with van der Waals surface area (Å²) in [6.07, 6.45) is 0.803. The van der Waals surface area contributed by atoms with Crippen molar-refractivity contribution in [1.29, 1.82) is 0 Å². The molecule has 1 heterocycles. The number of hydrogen-bond donors (Lipinski definition) is 0. The molecule has 1 saturated heterocycles. The first-order chi connectivity index (χ1) is 13.0. The lowest BCUT2D eigenvalue weighted by atomic mass is 10.2. The third-order valence-electron chi connectivity index (χ3n) is 4.71. The molecule has 0 spiro atoms. The van der Waals surface area contributed by atoms with Crippen molar-refractivity contribution in [2.24, 2.45) is 0 Å². The largest absolute Gasteiger partial charge is 0.491 e. The Morgan fingerprint density at radius 1 is 1.00 bits per heavy atom. The molecule has 7 heteroatoms. The lowest BCUT2D eigenvalue weighted by molar-refractivity contribution is 0.215. The van der Waals surface area contributed by atoms with Crippen LogP contribution in [0.5, 0.6) is 5.75 Å². The molecular formula is C20H25ClN2O3S. The Morgan fingerprint density at radius 3 is 2.48 bits per heavy atom. The summed E-state index contributed by atoms with van der Waals surface area (Å²) >= 11 is 6.10. The first-order valence-corrected chi connectivity index (χ1v) is 10.9. The molecule has 0 radical (unpaired) electrons. The number of para-hydroxylation sites is 1. The second-order valence-corrected chi connectivity index (χ2v) is 9.04. The van der Waals surface area contributed by atoms with E-state index in [1.165, 1.54) is 0 Å². The first kappa shape index (κ1) is 20.1. The number of halogens is 1. The Balaban J connectivity index is 1.54. The fourth-order valence-electron chi connectivity index (χ4n) is 3.12. The van der Waals surface area contributed by atoms with Crippen molar-refractivity contribution in [1.82, 2.24) is 9.21 Å². The van der Waals surface area contributed by atoms with Gasteiger partial charge in [-0.2, -0.15) is 4.31 Å². The van der Waals surface area contributed by atoms with Crippen molar-refractivity contribution in [3.05, 3.63) is 59.1 Å². The number of ether oxygens (including phenoxy) is 1. The maximum absolute atomic E-state index is 12.9. The Labute approximate surface area is 166 Å². The highest BCUT2D eigenvalue weighted by Crippen LogP contribution is 2.23. The van der Waals surface area contributed by atoms with Crippen LogP contribution in [0.25, 0.3) is 0 Å². The van der Waals surface area contributed by atoms with Crippen LogP contribution in [0.4, 0.5) is 0 Å². The number of aryl methyl sites for hydroxylation is 1. The molecule has 0 amide bonds. The van der Waals surface area contributed by atoms with Gasteiger partial charge in [-0.15, -0.1) is 0 Å². The van der Waals surface area contributed by atoms with Crippen molar-refractivity contribution in [2.45, 2.75) is 18.2 Å². The standard InChI is InChI=1S/C20H25ClN2O3S/c1-17-7-9-18(10-8-17)27(24,25)23-12-4-11-22(13-14-23)15-16-26-20-6-3-2-5-19(20)21/h2-3,5-10H,4,11-16H2,1H3. The van der Waals surface area contributed by atoms with Crippen LogP contribution in [-0.4, -0.2) is 57.0 Å². The van der Waals surface area contributed by atoms with E-state index in [1.807, 2.05) is 37.3 Å². The maximum Gasteiger partial charge on any atom is 0.243 e. The summed E-state index contributed by atoms with van der Waals surface area (Å²) in [5, 5.41) is 0.601. The van der Waals surface area contributed by atoms with E-state index < -0.39 is 10.0 Å². The second kappa shape index (κ2) is 9.06. The van der Waals surface area contributed by atoms with E-state index in [-0.39, 0.29) is 0 Å². The normalized spacial score (nSPS) is 16.8. The van der Waals surface area contributed by atoms with E-state index in [2.05, 4.69) is 4.90 Å². The molecule has 2 aromatic rings. The Morgan fingerprint density at radius 2 is 1.74 bits per heavy atom. The lowest BCUT2D eigenvalue weighted by Gasteiger charge is -2.22. The number of benzene rings is 2. The van der Waals surface area contributed by atoms with E-state index in [0.717, 1.165) is 25.1 Å². The van der Waals surface area contributed by atoms with Gasteiger partial charge in [-0.3, -0.25) is 4.90 Å². The zero-order valence-corrected chi connectivity index (χ0v) is 17.0. The Kier molecular flexibility index (Phi) is 6.76. The van der Waals surface area contributed by atoms with Gasteiger partial charge in [0.15, 0.2) is 0 Å². The molecule has 0 unspecified atom stereocenters. The van der Waals surface area contributed by atoms with Crippen LogP contribution in [-0.2, 0) is 10.0 Å².